The van der Waals surface area contributed by atoms with Crippen molar-refractivity contribution >= 4 is 29.5 Å². The predicted octanol–water partition coefficient (Wildman–Crippen LogP) is 0.0594. The van der Waals surface area contributed by atoms with Crippen LogP contribution in [0.4, 0.5) is 0 Å². The van der Waals surface area contributed by atoms with Crippen molar-refractivity contribution in [3.63, 3.8) is 0 Å². The highest BCUT2D eigenvalue weighted by atomic mass is 16.7. The number of fused-ring (bicyclic) bond motifs is 1. The number of esters is 2. The Balaban J connectivity index is 1.62. The lowest BCUT2D eigenvalue weighted by Crippen LogP contribution is -2.72. The summed E-state index contributed by atoms with van der Waals surface area (Å²) in [5.41, 5.74) is 5.75. The molecule has 5 atom stereocenters. The molecule has 0 aliphatic carbocycles. The minimum atomic E-state index is -1.15. The lowest BCUT2D eigenvalue weighted by Gasteiger charge is -2.43. The summed E-state index contributed by atoms with van der Waals surface area (Å²) in [6.07, 6.45) is 0. The average Bonchev–Trinajstić information content (AvgIpc) is 2.99. The number of Topliss-reactive ketones (excluding diaryl/α,β-unsaturated/α-hetero) is 1. The SMILES string of the molecule is CC1C(=O)[C@@H]2C(NC(=O)C(N)c3ccccc3)C(=O)N2C1C(=O)OCOC(=O)C(C)(C)C. The summed E-state index contributed by atoms with van der Waals surface area (Å²) in [6, 6.07) is 4.38. The highest BCUT2D eigenvalue weighted by molar-refractivity contribution is 6.11. The zero-order valence-electron chi connectivity index (χ0n) is 18.4. The summed E-state index contributed by atoms with van der Waals surface area (Å²) in [5.74, 6) is -3.79. The van der Waals surface area contributed by atoms with Crippen molar-refractivity contribution in [3.8, 4) is 0 Å². The normalized spacial score (nSPS) is 25.5. The van der Waals surface area contributed by atoms with Crippen LogP contribution in [-0.2, 0) is 33.4 Å². The molecule has 3 rings (SSSR count). The van der Waals surface area contributed by atoms with E-state index in [4.69, 9.17) is 15.2 Å². The van der Waals surface area contributed by atoms with Crippen LogP contribution in [0.5, 0.6) is 0 Å². The monoisotopic (exact) mass is 445 g/mol. The first-order chi connectivity index (χ1) is 14.9. The van der Waals surface area contributed by atoms with Gasteiger partial charge in [0.1, 0.15) is 24.2 Å². The van der Waals surface area contributed by atoms with Crippen molar-refractivity contribution in [1.29, 1.82) is 0 Å². The summed E-state index contributed by atoms with van der Waals surface area (Å²) in [7, 11) is 0. The number of hydrogen-bond donors (Lipinski definition) is 2. The fourth-order valence-electron chi connectivity index (χ4n) is 3.74. The summed E-state index contributed by atoms with van der Waals surface area (Å²) in [5, 5.41) is 2.52. The lowest BCUT2D eigenvalue weighted by atomic mass is 9.92. The Morgan fingerprint density at radius 3 is 2.34 bits per heavy atom. The van der Waals surface area contributed by atoms with Gasteiger partial charge in [-0.25, -0.2) is 4.79 Å². The minimum Gasteiger partial charge on any atom is -0.427 e. The molecule has 0 bridgehead atoms. The molecule has 1 aromatic carbocycles. The second kappa shape index (κ2) is 8.70. The zero-order chi connectivity index (χ0) is 23.8. The summed E-state index contributed by atoms with van der Waals surface area (Å²) in [4.78, 5) is 63.3. The van der Waals surface area contributed by atoms with Crippen molar-refractivity contribution in [2.45, 2.75) is 51.9 Å². The van der Waals surface area contributed by atoms with E-state index in [1.54, 1.807) is 51.1 Å². The van der Waals surface area contributed by atoms with Crippen LogP contribution >= 0.6 is 0 Å². The first kappa shape index (κ1) is 23.4. The predicted molar refractivity (Wildman–Crippen MR) is 110 cm³/mol. The number of carbonyl (C=O) groups is 5. The van der Waals surface area contributed by atoms with Gasteiger partial charge in [0, 0.05) is 5.92 Å². The van der Waals surface area contributed by atoms with Gasteiger partial charge in [0.25, 0.3) is 0 Å². The number of ketones is 1. The van der Waals surface area contributed by atoms with Crippen LogP contribution in [0.1, 0.15) is 39.3 Å². The zero-order valence-corrected chi connectivity index (χ0v) is 18.4. The van der Waals surface area contributed by atoms with E-state index in [0.29, 0.717) is 5.56 Å². The molecule has 0 spiro atoms. The van der Waals surface area contributed by atoms with Gasteiger partial charge in [0.2, 0.25) is 18.6 Å². The summed E-state index contributed by atoms with van der Waals surface area (Å²) < 4.78 is 9.90. The third kappa shape index (κ3) is 4.22. The van der Waals surface area contributed by atoms with E-state index in [-0.39, 0.29) is 5.78 Å². The molecule has 2 amide bonds. The quantitative estimate of drug-likeness (QED) is 0.355. The number of nitrogens with two attached hydrogens (primary N) is 1. The number of nitrogens with one attached hydrogen (secondary N) is 1. The number of rotatable bonds is 6. The number of benzene rings is 1. The van der Waals surface area contributed by atoms with E-state index in [1.807, 2.05) is 0 Å². The highest BCUT2D eigenvalue weighted by Crippen LogP contribution is 2.37. The third-order valence-electron chi connectivity index (χ3n) is 5.63. The van der Waals surface area contributed by atoms with E-state index >= 15 is 0 Å². The Bertz CT molecular complexity index is 941. The van der Waals surface area contributed by atoms with Gasteiger partial charge in [0.15, 0.2) is 5.78 Å². The molecule has 1 aromatic rings. The number of carbonyl (C=O) groups excluding carboxylic acids is 5. The van der Waals surface area contributed by atoms with Gasteiger partial charge in [-0.1, -0.05) is 37.3 Å². The standard InChI is InChI=1S/C22H27N3O7/c1-11-15(20(29)31-10-32-21(30)22(2,3)4)25-16(17(11)26)14(19(25)28)24-18(27)13(23)12-8-6-5-7-9-12/h5-9,11,13-16H,10,23H2,1-4H3,(H,24,27)/t11?,13?,14?,15?,16-/m0/s1. The molecule has 3 N–H and O–H groups in total. The van der Waals surface area contributed by atoms with Crippen molar-refractivity contribution in [3.05, 3.63) is 35.9 Å². The Labute approximate surface area is 185 Å². The van der Waals surface area contributed by atoms with Crippen LogP contribution in [0.3, 0.4) is 0 Å². The lowest BCUT2D eigenvalue weighted by molar-refractivity contribution is -0.180. The summed E-state index contributed by atoms with van der Waals surface area (Å²) in [6.45, 7) is 5.84. The molecule has 2 aliphatic heterocycles. The molecule has 172 valence electrons. The van der Waals surface area contributed by atoms with Crippen LogP contribution < -0.4 is 11.1 Å². The molecule has 4 unspecified atom stereocenters. The van der Waals surface area contributed by atoms with E-state index in [0.717, 1.165) is 4.90 Å². The van der Waals surface area contributed by atoms with Gasteiger partial charge in [-0.05, 0) is 26.3 Å². The Morgan fingerprint density at radius 1 is 1.12 bits per heavy atom. The Hall–Kier alpha value is -3.27. The maximum Gasteiger partial charge on any atom is 0.332 e. The van der Waals surface area contributed by atoms with Crippen LogP contribution in [0.25, 0.3) is 0 Å². The van der Waals surface area contributed by atoms with Gasteiger partial charge in [-0.15, -0.1) is 0 Å². The molecule has 2 aliphatic rings. The molecule has 32 heavy (non-hydrogen) atoms. The molecule has 0 aromatic heterocycles. The van der Waals surface area contributed by atoms with Crippen molar-refractivity contribution in [2.75, 3.05) is 6.79 Å². The molecule has 0 radical (unpaired) electrons. The van der Waals surface area contributed by atoms with E-state index in [9.17, 15) is 24.0 Å². The van der Waals surface area contributed by atoms with E-state index in [2.05, 4.69) is 5.32 Å². The van der Waals surface area contributed by atoms with Gasteiger partial charge in [0.05, 0.1) is 5.41 Å². The Kier molecular flexibility index (Phi) is 6.36. The number of ether oxygens (including phenoxy) is 2. The van der Waals surface area contributed by atoms with Crippen LogP contribution in [0.15, 0.2) is 30.3 Å². The van der Waals surface area contributed by atoms with E-state index < -0.39 is 66.0 Å². The molecule has 10 heteroatoms. The fourth-order valence-corrected chi connectivity index (χ4v) is 3.74. The largest absolute Gasteiger partial charge is 0.427 e. The average molecular weight is 445 g/mol. The topological polar surface area (TPSA) is 145 Å². The third-order valence-corrected chi connectivity index (χ3v) is 5.63. The van der Waals surface area contributed by atoms with Crippen molar-refractivity contribution in [2.24, 2.45) is 17.1 Å². The van der Waals surface area contributed by atoms with Gasteiger partial charge < -0.3 is 25.4 Å². The molecule has 10 nitrogen and oxygen atoms in total. The van der Waals surface area contributed by atoms with Crippen LogP contribution in [0, 0.1) is 11.3 Å². The fraction of sp³-hybridized carbons (Fsp3) is 0.500. The second-order valence-corrected chi connectivity index (χ2v) is 8.96. The highest BCUT2D eigenvalue weighted by Gasteiger charge is 2.64. The minimum absolute atomic E-state index is 0.364. The van der Waals surface area contributed by atoms with Crippen molar-refractivity contribution < 1.29 is 33.4 Å². The van der Waals surface area contributed by atoms with E-state index in [1.165, 1.54) is 6.92 Å². The molecule has 2 fully saturated rings. The first-order valence-corrected chi connectivity index (χ1v) is 10.3. The van der Waals surface area contributed by atoms with Gasteiger partial charge >= 0.3 is 11.9 Å². The maximum atomic E-state index is 12.7. The second-order valence-electron chi connectivity index (χ2n) is 8.96. The molecule has 0 saturated carbocycles. The number of β-lactam (4-membered cyclic amide) rings is 1. The van der Waals surface area contributed by atoms with Crippen LogP contribution in [0.2, 0.25) is 0 Å². The molecular formula is C22H27N3O7. The van der Waals surface area contributed by atoms with Crippen molar-refractivity contribution in [1.82, 2.24) is 10.2 Å². The molecule has 2 saturated heterocycles. The molecule has 2 heterocycles. The smallest absolute Gasteiger partial charge is 0.332 e. The summed E-state index contributed by atoms with van der Waals surface area (Å²) >= 11 is 0. The first-order valence-electron chi connectivity index (χ1n) is 10.3. The molecular weight excluding hydrogens is 418 g/mol. The number of hydrogen-bond acceptors (Lipinski definition) is 8. The van der Waals surface area contributed by atoms with Gasteiger partial charge in [-0.3, -0.25) is 19.2 Å². The van der Waals surface area contributed by atoms with Gasteiger partial charge in [-0.2, -0.15) is 0 Å². The Morgan fingerprint density at radius 2 is 1.75 bits per heavy atom. The number of nitrogens with zero attached hydrogens (tertiary/aromatic N) is 1. The van der Waals surface area contributed by atoms with Crippen LogP contribution in [-0.4, -0.2) is 59.4 Å². The number of amides is 2. The maximum absolute atomic E-state index is 12.7.